The highest BCUT2D eigenvalue weighted by Gasteiger charge is 2.20. The third-order valence-corrected chi connectivity index (χ3v) is 3.36. The summed E-state index contributed by atoms with van der Waals surface area (Å²) >= 11 is 0. The Morgan fingerprint density at radius 1 is 0.933 bits per heavy atom. The Bertz CT molecular complexity index is 586. The van der Waals surface area contributed by atoms with E-state index in [0.29, 0.717) is 0 Å². The van der Waals surface area contributed by atoms with Crippen molar-refractivity contribution in [3.05, 3.63) is 46.5 Å². The van der Waals surface area contributed by atoms with Crippen LogP contribution in [0, 0.1) is 19.3 Å². The van der Waals surface area contributed by atoms with Gasteiger partial charge < -0.3 is 5.41 Å². The van der Waals surface area contributed by atoms with Crippen LogP contribution in [0.5, 0.6) is 0 Å². The van der Waals surface area contributed by atoms with Crippen LogP contribution < -0.4 is 0 Å². The van der Waals surface area contributed by atoms with E-state index >= 15 is 0 Å². The second-order valence-corrected chi connectivity index (χ2v) is 4.38. The molecule has 0 amide bonds. The van der Waals surface area contributed by atoms with E-state index in [4.69, 9.17) is 5.41 Å². The van der Waals surface area contributed by atoms with E-state index in [1.807, 2.05) is 0 Å². The zero-order valence-corrected chi connectivity index (χ0v) is 9.02. The Hall–Kier alpha value is -1.63. The number of benzene rings is 2. The second kappa shape index (κ2) is 2.69. The smallest absolute Gasteiger partial charge is 0.0436 e. The Morgan fingerprint density at radius 3 is 2.33 bits per heavy atom. The molecule has 0 saturated carbocycles. The summed E-state index contributed by atoms with van der Waals surface area (Å²) in [5.74, 6) is 0. The molecule has 0 unspecified atom stereocenters. The Labute approximate surface area is 89.3 Å². The van der Waals surface area contributed by atoms with E-state index in [0.717, 1.165) is 17.7 Å². The van der Waals surface area contributed by atoms with Crippen LogP contribution in [-0.2, 0) is 6.42 Å². The van der Waals surface area contributed by atoms with Crippen molar-refractivity contribution in [3.63, 3.8) is 0 Å². The van der Waals surface area contributed by atoms with Gasteiger partial charge in [-0.15, -0.1) is 0 Å². The van der Waals surface area contributed by atoms with Crippen molar-refractivity contribution in [2.24, 2.45) is 0 Å². The molecule has 0 heterocycles. The maximum Gasteiger partial charge on any atom is 0.0436 e. The molecular formula is C14H13N. The lowest BCUT2D eigenvalue weighted by Crippen LogP contribution is -1.93. The fraction of sp³-hybridized carbons (Fsp3) is 0.214. The normalized spacial score (nSPS) is 13.9. The van der Waals surface area contributed by atoms with Gasteiger partial charge in [0.25, 0.3) is 0 Å². The molecule has 2 aromatic carbocycles. The zero-order valence-electron chi connectivity index (χ0n) is 9.02. The minimum Gasteiger partial charge on any atom is -0.304 e. The van der Waals surface area contributed by atoms with Crippen LogP contribution in [0.15, 0.2) is 24.3 Å². The zero-order chi connectivity index (χ0) is 10.6. The standard InChI is InChI=1S/C14H13N/c1-8-3-5-10-7-12(15)11-6-4-9(2)13(8)14(10)11/h3-6,15H,7H2,1-2H3. The topological polar surface area (TPSA) is 23.9 Å². The first kappa shape index (κ1) is 8.66. The monoisotopic (exact) mass is 195 g/mol. The fourth-order valence-corrected chi connectivity index (χ4v) is 2.63. The first-order valence-corrected chi connectivity index (χ1v) is 5.28. The van der Waals surface area contributed by atoms with E-state index in [9.17, 15) is 0 Å². The molecule has 1 heteroatoms. The van der Waals surface area contributed by atoms with Gasteiger partial charge in [-0.3, -0.25) is 0 Å². The second-order valence-electron chi connectivity index (χ2n) is 4.38. The summed E-state index contributed by atoms with van der Waals surface area (Å²) in [6.45, 7) is 4.30. The highest BCUT2D eigenvalue weighted by atomic mass is 14.4. The lowest BCUT2D eigenvalue weighted by atomic mass is 9.97. The predicted molar refractivity (Wildman–Crippen MR) is 64.0 cm³/mol. The summed E-state index contributed by atoms with van der Waals surface area (Å²) in [6, 6.07) is 8.57. The minimum absolute atomic E-state index is 0.764. The molecule has 1 nitrogen and oxygen atoms in total. The summed E-state index contributed by atoms with van der Waals surface area (Å²) in [4.78, 5) is 0. The molecule has 0 bridgehead atoms. The van der Waals surface area contributed by atoms with Gasteiger partial charge in [0, 0.05) is 17.7 Å². The van der Waals surface area contributed by atoms with Crippen molar-refractivity contribution in [2.45, 2.75) is 20.3 Å². The molecule has 0 atom stereocenters. The first-order chi connectivity index (χ1) is 7.18. The van der Waals surface area contributed by atoms with Crippen molar-refractivity contribution >= 4 is 16.5 Å². The Kier molecular flexibility index (Phi) is 1.55. The molecule has 2 aromatic rings. The molecule has 74 valence electrons. The highest BCUT2D eigenvalue weighted by molar-refractivity contribution is 6.17. The molecule has 0 aliphatic heterocycles. The number of hydrogen-bond donors (Lipinski definition) is 1. The van der Waals surface area contributed by atoms with Crippen LogP contribution in [0.25, 0.3) is 10.8 Å². The molecule has 1 aliphatic rings. The first-order valence-electron chi connectivity index (χ1n) is 5.28. The molecule has 3 rings (SSSR count). The van der Waals surface area contributed by atoms with Crippen LogP contribution in [0.3, 0.4) is 0 Å². The lowest BCUT2D eigenvalue weighted by molar-refractivity contribution is 1.34. The number of rotatable bonds is 0. The average Bonchev–Trinajstić information content (AvgIpc) is 2.52. The van der Waals surface area contributed by atoms with Gasteiger partial charge in [-0.2, -0.15) is 0 Å². The van der Waals surface area contributed by atoms with Gasteiger partial charge in [0.15, 0.2) is 0 Å². The van der Waals surface area contributed by atoms with Gasteiger partial charge in [0.05, 0.1) is 0 Å². The van der Waals surface area contributed by atoms with Crippen molar-refractivity contribution in [2.75, 3.05) is 0 Å². The van der Waals surface area contributed by atoms with Crippen LogP contribution in [0.4, 0.5) is 0 Å². The fourth-order valence-electron chi connectivity index (χ4n) is 2.63. The van der Waals surface area contributed by atoms with Crippen LogP contribution >= 0.6 is 0 Å². The molecule has 0 spiro atoms. The maximum atomic E-state index is 7.96. The predicted octanol–water partition coefficient (Wildman–Crippen LogP) is 3.38. The van der Waals surface area contributed by atoms with Gasteiger partial charge >= 0.3 is 0 Å². The van der Waals surface area contributed by atoms with Gasteiger partial charge in [0.2, 0.25) is 0 Å². The molecule has 0 saturated heterocycles. The summed E-state index contributed by atoms with van der Waals surface area (Å²) < 4.78 is 0. The third kappa shape index (κ3) is 1.01. The average molecular weight is 195 g/mol. The number of nitrogens with one attached hydrogen (secondary N) is 1. The van der Waals surface area contributed by atoms with E-state index in [1.165, 1.54) is 27.5 Å². The number of aryl methyl sites for hydroxylation is 2. The number of hydrogen-bond acceptors (Lipinski definition) is 1. The largest absolute Gasteiger partial charge is 0.304 e. The molecular weight excluding hydrogens is 182 g/mol. The summed E-state index contributed by atoms with van der Waals surface area (Å²) in [6.07, 6.45) is 0.801. The van der Waals surface area contributed by atoms with Gasteiger partial charge in [-0.25, -0.2) is 0 Å². The van der Waals surface area contributed by atoms with E-state index in [1.54, 1.807) is 0 Å². The van der Waals surface area contributed by atoms with Crippen molar-refractivity contribution in [1.29, 1.82) is 5.41 Å². The molecule has 0 fully saturated rings. The molecule has 1 aliphatic carbocycles. The lowest BCUT2D eigenvalue weighted by Gasteiger charge is -2.07. The molecule has 0 radical (unpaired) electrons. The van der Waals surface area contributed by atoms with Crippen LogP contribution in [-0.4, -0.2) is 5.71 Å². The third-order valence-electron chi connectivity index (χ3n) is 3.36. The van der Waals surface area contributed by atoms with Crippen LogP contribution in [0.1, 0.15) is 22.3 Å². The Morgan fingerprint density at radius 2 is 1.60 bits per heavy atom. The van der Waals surface area contributed by atoms with Crippen molar-refractivity contribution in [3.8, 4) is 0 Å². The summed E-state index contributed by atoms with van der Waals surface area (Å²) in [5.41, 5.74) is 5.86. The maximum absolute atomic E-state index is 7.96. The molecule has 1 N–H and O–H groups in total. The highest BCUT2D eigenvalue weighted by Crippen LogP contribution is 2.34. The molecule has 15 heavy (non-hydrogen) atoms. The summed E-state index contributed by atoms with van der Waals surface area (Å²) in [5, 5.41) is 10.6. The Balaban J connectivity index is 2.61. The van der Waals surface area contributed by atoms with E-state index < -0.39 is 0 Å². The van der Waals surface area contributed by atoms with Gasteiger partial charge in [-0.05, 0) is 41.3 Å². The van der Waals surface area contributed by atoms with E-state index in [2.05, 4.69) is 38.1 Å². The van der Waals surface area contributed by atoms with Crippen LogP contribution in [0.2, 0.25) is 0 Å². The van der Waals surface area contributed by atoms with Crippen molar-refractivity contribution < 1.29 is 0 Å². The van der Waals surface area contributed by atoms with E-state index in [-0.39, 0.29) is 0 Å². The van der Waals surface area contributed by atoms with Crippen molar-refractivity contribution in [1.82, 2.24) is 0 Å². The van der Waals surface area contributed by atoms with Gasteiger partial charge in [-0.1, -0.05) is 24.3 Å². The van der Waals surface area contributed by atoms with Gasteiger partial charge in [0.1, 0.15) is 0 Å². The quantitative estimate of drug-likeness (QED) is 0.666. The SMILES string of the molecule is Cc1ccc2c3c(ccc(C)c13)C(=N)C2. The minimum atomic E-state index is 0.764. The summed E-state index contributed by atoms with van der Waals surface area (Å²) in [7, 11) is 0. The molecule has 0 aromatic heterocycles.